The van der Waals surface area contributed by atoms with Gasteiger partial charge in [0.25, 0.3) is 0 Å². The van der Waals surface area contributed by atoms with E-state index in [0.717, 1.165) is 31.8 Å². The van der Waals surface area contributed by atoms with Gasteiger partial charge in [0, 0.05) is 23.9 Å². The summed E-state index contributed by atoms with van der Waals surface area (Å²) in [5, 5.41) is 13.7. The molecule has 106 valence electrons. The number of hydrogen-bond acceptors (Lipinski definition) is 4. The Kier molecular flexibility index (Phi) is 4.20. The van der Waals surface area contributed by atoms with Crippen LogP contribution in [-0.2, 0) is 6.54 Å². The van der Waals surface area contributed by atoms with Crippen molar-refractivity contribution >= 4 is 11.3 Å². The van der Waals surface area contributed by atoms with Gasteiger partial charge in [-0.2, -0.15) is 0 Å². The van der Waals surface area contributed by atoms with Gasteiger partial charge >= 0.3 is 0 Å². The third-order valence-corrected chi connectivity index (χ3v) is 5.44. The number of thiazole rings is 1. The Morgan fingerprint density at radius 2 is 2.26 bits per heavy atom. The molecular weight excluding hydrogens is 256 g/mol. The minimum absolute atomic E-state index is 0.179. The fraction of sp³-hybridized carbons (Fsp3) is 0.800. The van der Waals surface area contributed by atoms with Crippen molar-refractivity contribution in [3.63, 3.8) is 0 Å². The van der Waals surface area contributed by atoms with Gasteiger partial charge in [0.2, 0.25) is 0 Å². The Balaban J connectivity index is 1.64. The van der Waals surface area contributed by atoms with Crippen LogP contribution in [0.1, 0.15) is 62.1 Å². The topological polar surface area (TPSA) is 36.4 Å². The summed E-state index contributed by atoms with van der Waals surface area (Å²) in [7, 11) is 0. The first kappa shape index (κ1) is 13.5. The highest BCUT2D eigenvalue weighted by molar-refractivity contribution is 7.09. The highest BCUT2D eigenvalue weighted by Gasteiger charge is 2.30. The van der Waals surface area contributed by atoms with Gasteiger partial charge < -0.3 is 5.11 Å². The zero-order valence-corrected chi connectivity index (χ0v) is 12.5. The van der Waals surface area contributed by atoms with Crippen molar-refractivity contribution in [2.75, 3.05) is 6.54 Å². The van der Waals surface area contributed by atoms with E-state index in [1.165, 1.54) is 36.4 Å². The molecule has 0 radical (unpaired) electrons. The minimum Gasteiger partial charge on any atom is -0.392 e. The third-order valence-electron chi connectivity index (χ3n) is 4.39. The molecular formula is C15H24N2OS. The third kappa shape index (κ3) is 3.18. The summed E-state index contributed by atoms with van der Waals surface area (Å²) in [5.74, 6) is 0.761. The monoisotopic (exact) mass is 280 g/mol. The van der Waals surface area contributed by atoms with Crippen LogP contribution in [0.5, 0.6) is 0 Å². The van der Waals surface area contributed by atoms with Crippen LogP contribution in [0.3, 0.4) is 0 Å². The van der Waals surface area contributed by atoms with E-state index in [9.17, 15) is 5.11 Å². The van der Waals surface area contributed by atoms with Crippen LogP contribution >= 0.6 is 11.3 Å². The van der Waals surface area contributed by atoms with Gasteiger partial charge in [-0.1, -0.05) is 13.3 Å². The molecule has 0 aromatic carbocycles. The fourth-order valence-electron chi connectivity index (χ4n) is 3.04. The largest absolute Gasteiger partial charge is 0.392 e. The molecule has 1 saturated heterocycles. The van der Waals surface area contributed by atoms with E-state index in [1.54, 1.807) is 0 Å². The van der Waals surface area contributed by atoms with Crippen LogP contribution in [0.25, 0.3) is 0 Å². The molecule has 2 aliphatic rings. The van der Waals surface area contributed by atoms with Crippen LogP contribution in [-0.4, -0.2) is 33.7 Å². The van der Waals surface area contributed by atoms with Gasteiger partial charge in [-0.15, -0.1) is 11.3 Å². The van der Waals surface area contributed by atoms with Crippen LogP contribution in [0.4, 0.5) is 0 Å². The first-order chi connectivity index (χ1) is 9.28. The highest BCUT2D eigenvalue weighted by atomic mass is 32.1. The predicted molar refractivity (Wildman–Crippen MR) is 78.4 cm³/mol. The average Bonchev–Trinajstić information content (AvgIpc) is 3.19. The second kappa shape index (κ2) is 5.90. The molecule has 1 aromatic heterocycles. The summed E-state index contributed by atoms with van der Waals surface area (Å²) in [5.41, 5.74) is 1.21. The molecule has 0 amide bonds. The number of likely N-dealkylation sites (tertiary alicyclic amines) is 1. The molecule has 1 aliphatic carbocycles. The summed E-state index contributed by atoms with van der Waals surface area (Å²) < 4.78 is 0. The first-order valence-corrected chi connectivity index (χ1v) is 8.52. The maximum atomic E-state index is 10.2. The van der Waals surface area contributed by atoms with Crippen LogP contribution in [0.15, 0.2) is 5.38 Å². The molecule has 2 unspecified atom stereocenters. The van der Waals surface area contributed by atoms with E-state index < -0.39 is 0 Å². The predicted octanol–water partition coefficient (Wildman–Crippen LogP) is 3.15. The molecule has 2 heterocycles. The second-order valence-electron chi connectivity index (χ2n) is 5.96. The second-order valence-corrected chi connectivity index (χ2v) is 6.85. The van der Waals surface area contributed by atoms with E-state index in [0.29, 0.717) is 6.04 Å². The summed E-state index contributed by atoms with van der Waals surface area (Å²) in [6, 6.07) is 0.338. The van der Waals surface area contributed by atoms with E-state index >= 15 is 0 Å². The Morgan fingerprint density at radius 1 is 1.42 bits per heavy atom. The Hall–Kier alpha value is -0.450. The number of aromatic nitrogens is 1. The number of hydrogen-bond donors (Lipinski definition) is 1. The molecule has 0 spiro atoms. The van der Waals surface area contributed by atoms with E-state index in [2.05, 4.69) is 17.2 Å². The van der Waals surface area contributed by atoms with Crippen LogP contribution in [0.2, 0.25) is 0 Å². The van der Waals surface area contributed by atoms with Crippen molar-refractivity contribution in [3.05, 3.63) is 16.1 Å². The Morgan fingerprint density at radius 3 is 3.00 bits per heavy atom. The Bertz CT molecular complexity index is 416. The molecule has 0 bridgehead atoms. The molecule has 1 aromatic rings. The van der Waals surface area contributed by atoms with E-state index in [-0.39, 0.29) is 6.10 Å². The molecule has 2 atom stereocenters. The quantitative estimate of drug-likeness (QED) is 0.900. The van der Waals surface area contributed by atoms with Crippen molar-refractivity contribution in [1.82, 2.24) is 9.88 Å². The lowest BCUT2D eigenvalue weighted by atomic mass is 9.96. The van der Waals surface area contributed by atoms with Crippen molar-refractivity contribution < 1.29 is 5.11 Å². The summed E-state index contributed by atoms with van der Waals surface area (Å²) in [6.45, 7) is 4.11. The van der Waals surface area contributed by atoms with Gasteiger partial charge in [0.05, 0.1) is 16.8 Å². The normalized spacial score (nSPS) is 26.5. The van der Waals surface area contributed by atoms with Gasteiger partial charge in [0.15, 0.2) is 0 Å². The maximum absolute atomic E-state index is 10.2. The molecule has 3 nitrogen and oxygen atoms in total. The molecule has 1 saturated carbocycles. The van der Waals surface area contributed by atoms with Crippen LogP contribution in [0, 0.1) is 0 Å². The summed E-state index contributed by atoms with van der Waals surface area (Å²) in [6.07, 6.45) is 6.97. The zero-order chi connectivity index (χ0) is 13.2. The zero-order valence-electron chi connectivity index (χ0n) is 11.7. The fourth-order valence-corrected chi connectivity index (χ4v) is 4.02. The van der Waals surface area contributed by atoms with Gasteiger partial charge in [0.1, 0.15) is 0 Å². The van der Waals surface area contributed by atoms with Crippen molar-refractivity contribution in [2.24, 2.45) is 0 Å². The number of piperidine rings is 1. The highest BCUT2D eigenvalue weighted by Crippen LogP contribution is 2.41. The smallest absolute Gasteiger partial charge is 0.0959 e. The van der Waals surface area contributed by atoms with Gasteiger partial charge in [-0.05, 0) is 38.6 Å². The van der Waals surface area contributed by atoms with Gasteiger partial charge in [-0.3, -0.25) is 4.90 Å². The van der Waals surface area contributed by atoms with E-state index in [4.69, 9.17) is 4.98 Å². The van der Waals surface area contributed by atoms with Crippen molar-refractivity contribution in [3.8, 4) is 0 Å². The molecule has 4 heteroatoms. The number of rotatable bonds is 5. The first-order valence-electron chi connectivity index (χ1n) is 7.64. The lowest BCUT2D eigenvalue weighted by Crippen LogP contribution is -2.46. The maximum Gasteiger partial charge on any atom is 0.0959 e. The van der Waals surface area contributed by atoms with Crippen molar-refractivity contribution in [2.45, 2.75) is 70.1 Å². The molecule has 19 heavy (non-hydrogen) atoms. The SMILES string of the molecule is CCC(O)C1CCCCN1Cc1csc(C2CC2)n1. The number of aliphatic hydroxyl groups is 1. The van der Waals surface area contributed by atoms with Crippen molar-refractivity contribution in [1.29, 1.82) is 0 Å². The lowest BCUT2D eigenvalue weighted by molar-refractivity contribution is 0.0190. The summed E-state index contributed by atoms with van der Waals surface area (Å²) >= 11 is 1.82. The molecule has 3 rings (SSSR count). The number of aliphatic hydroxyl groups excluding tert-OH is 1. The average molecular weight is 280 g/mol. The molecule has 1 aliphatic heterocycles. The molecule has 2 fully saturated rings. The molecule has 1 N–H and O–H groups in total. The lowest BCUT2D eigenvalue weighted by Gasteiger charge is -2.37. The van der Waals surface area contributed by atoms with Gasteiger partial charge in [-0.25, -0.2) is 4.98 Å². The van der Waals surface area contributed by atoms with Crippen LogP contribution < -0.4 is 0 Å². The standard InChI is InChI=1S/C15H24N2OS/c1-2-14(18)13-5-3-4-8-17(13)9-12-10-19-15(16-12)11-6-7-11/h10-11,13-14,18H,2-9H2,1H3. The summed E-state index contributed by atoms with van der Waals surface area (Å²) in [4.78, 5) is 7.23. The minimum atomic E-state index is -0.179. The number of nitrogens with zero attached hydrogens (tertiary/aromatic N) is 2. The van der Waals surface area contributed by atoms with E-state index in [1.807, 2.05) is 11.3 Å². The Labute approximate surface area is 119 Å².